The molecular formula is C10H19NO4S. The number of carbonyl (C=O) groups excluding carboxylic acids is 1. The van der Waals surface area contributed by atoms with Crippen LogP contribution >= 0.6 is 0 Å². The molecule has 4 N–H and O–H groups in total. The highest BCUT2D eigenvalue weighted by Gasteiger charge is 2.61. The fourth-order valence-electron chi connectivity index (χ4n) is 3.27. The van der Waals surface area contributed by atoms with Gasteiger partial charge in [-0.15, -0.1) is 0 Å². The van der Waals surface area contributed by atoms with E-state index < -0.39 is 15.4 Å². The van der Waals surface area contributed by atoms with E-state index in [0.717, 1.165) is 0 Å². The standard InChI is InChI=1S/C10H16O4S.H3N/c1-5-6-4-7(10(5,2)3)9(8(6)11)15(12,13)14;/h5-7,9H,4H2,1-3H3,(H,12,13,14);1H3. The molecule has 16 heavy (non-hydrogen) atoms. The maximum absolute atomic E-state index is 11.7. The molecule has 0 spiro atoms. The van der Waals surface area contributed by atoms with Crippen molar-refractivity contribution in [3.63, 3.8) is 0 Å². The zero-order valence-corrected chi connectivity index (χ0v) is 10.9. The summed E-state index contributed by atoms with van der Waals surface area (Å²) in [5.41, 5.74) is -0.222. The first-order valence-electron chi connectivity index (χ1n) is 5.16. The third-order valence-corrected chi connectivity index (χ3v) is 5.75. The number of rotatable bonds is 1. The maximum Gasteiger partial charge on any atom is 0.153 e. The van der Waals surface area contributed by atoms with Gasteiger partial charge in [-0.1, -0.05) is 20.8 Å². The number of quaternary nitrogens is 1. The van der Waals surface area contributed by atoms with Gasteiger partial charge in [-0.3, -0.25) is 4.79 Å². The summed E-state index contributed by atoms with van der Waals surface area (Å²) in [6.45, 7) is 5.87. The number of Topliss-reactive ketones (excluding diaryl/α,β-unsaturated/α-hetero) is 1. The van der Waals surface area contributed by atoms with Crippen molar-refractivity contribution in [2.75, 3.05) is 0 Å². The Morgan fingerprint density at radius 2 is 1.88 bits per heavy atom. The third-order valence-electron chi connectivity index (χ3n) is 4.56. The van der Waals surface area contributed by atoms with Crippen LogP contribution in [-0.2, 0) is 14.9 Å². The van der Waals surface area contributed by atoms with Crippen LogP contribution in [0.3, 0.4) is 0 Å². The van der Waals surface area contributed by atoms with Gasteiger partial charge in [0.15, 0.2) is 5.78 Å². The molecule has 2 bridgehead atoms. The Balaban J connectivity index is 0.00000128. The zero-order valence-electron chi connectivity index (χ0n) is 10.1. The minimum atomic E-state index is -4.48. The fourth-order valence-corrected chi connectivity index (χ4v) is 4.59. The summed E-state index contributed by atoms with van der Waals surface area (Å²) in [5, 5.41) is -1.28. The molecule has 0 heterocycles. The number of carbonyl (C=O) groups is 1. The first-order valence-corrected chi connectivity index (χ1v) is 6.63. The van der Waals surface area contributed by atoms with Gasteiger partial charge < -0.3 is 10.7 Å². The Labute approximate surface area is 95.9 Å². The second-order valence-electron chi connectivity index (χ2n) is 5.37. The normalized spacial score (nSPS) is 40.9. The summed E-state index contributed by atoms with van der Waals surface area (Å²) in [6.07, 6.45) is 0.569. The van der Waals surface area contributed by atoms with Crippen LogP contribution in [0.15, 0.2) is 0 Å². The Bertz CT molecular complexity index is 415. The molecule has 0 aliphatic heterocycles. The predicted molar refractivity (Wildman–Crippen MR) is 59.0 cm³/mol. The van der Waals surface area contributed by atoms with Crippen molar-refractivity contribution in [2.24, 2.45) is 23.2 Å². The molecule has 2 fully saturated rings. The molecule has 0 aromatic carbocycles. The van der Waals surface area contributed by atoms with Gasteiger partial charge in [0.1, 0.15) is 15.4 Å². The highest BCUT2D eigenvalue weighted by molar-refractivity contribution is 7.87. The molecular weight excluding hydrogens is 230 g/mol. The molecule has 2 aliphatic rings. The minimum Gasteiger partial charge on any atom is -0.747 e. The van der Waals surface area contributed by atoms with Gasteiger partial charge in [0.05, 0.1) is 0 Å². The first-order chi connectivity index (χ1) is 6.67. The van der Waals surface area contributed by atoms with Gasteiger partial charge in [-0.25, -0.2) is 8.42 Å². The monoisotopic (exact) mass is 249 g/mol. The Kier molecular flexibility index (Phi) is 2.99. The topological polar surface area (TPSA) is 111 Å². The molecule has 4 atom stereocenters. The molecule has 5 nitrogen and oxygen atoms in total. The molecule has 0 aromatic heterocycles. The second-order valence-corrected chi connectivity index (χ2v) is 6.87. The van der Waals surface area contributed by atoms with Crippen LogP contribution in [0.5, 0.6) is 0 Å². The van der Waals surface area contributed by atoms with Gasteiger partial charge in [-0.2, -0.15) is 0 Å². The van der Waals surface area contributed by atoms with E-state index in [1.165, 1.54) is 0 Å². The van der Waals surface area contributed by atoms with Gasteiger partial charge in [-0.05, 0) is 23.7 Å². The van der Waals surface area contributed by atoms with Crippen LogP contribution in [-0.4, -0.2) is 24.0 Å². The SMILES string of the molecule is CC1C2CC(C(S(=O)(=O)[O-])C2=O)C1(C)C.[NH4+]. The van der Waals surface area contributed by atoms with E-state index in [4.69, 9.17) is 0 Å². The van der Waals surface area contributed by atoms with Crippen LogP contribution in [0.1, 0.15) is 27.2 Å². The van der Waals surface area contributed by atoms with E-state index in [1.807, 2.05) is 20.8 Å². The second kappa shape index (κ2) is 3.51. The van der Waals surface area contributed by atoms with E-state index in [-0.39, 0.29) is 35.1 Å². The first kappa shape index (κ1) is 13.6. The Morgan fingerprint density at radius 1 is 1.38 bits per heavy atom. The third kappa shape index (κ3) is 1.51. The lowest BCUT2D eigenvalue weighted by atomic mass is 9.69. The lowest BCUT2D eigenvalue weighted by Gasteiger charge is -2.40. The molecule has 2 saturated carbocycles. The minimum absolute atomic E-state index is 0. The van der Waals surface area contributed by atoms with Crippen molar-refractivity contribution in [2.45, 2.75) is 32.4 Å². The highest BCUT2D eigenvalue weighted by atomic mass is 32.2. The highest BCUT2D eigenvalue weighted by Crippen LogP contribution is 2.58. The maximum atomic E-state index is 11.7. The van der Waals surface area contributed by atoms with Crippen molar-refractivity contribution in [1.82, 2.24) is 6.15 Å². The van der Waals surface area contributed by atoms with Gasteiger partial charge >= 0.3 is 0 Å². The van der Waals surface area contributed by atoms with Gasteiger partial charge in [0, 0.05) is 5.92 Å². The number of hydrogen-bond donors (Lipinski definition) is 1. The molecule has 94 valence electrons. The molecule has 6 heteroatoms. The summed E-state index contributed by atoms with van der Waals surface area (Å²) < 4.78 is 33.2. The van der Waals surface area contributed by atoms with Crippen molar-refractivity contribution >= 4 is 15.9 Å². The molecule has 2 aliphatic carbocycles. The van der Waals surface area contributed by atoms with Crippen LogP contribution in [0, 0.1) is 23.2 Å². The average Bonchev–Trinajstić information content (AvgIpc) is 2.48. The summed E-state index contributed by atoms with van der Waals surface area (Å²) >= 11 is 0. The Hall–Kier alpha value is -0.460. The molecule has 4 unspecified atom stereocenters. The Morgan fingerprint density at radius 3 is 2.25 bits per heavy atom. The zero-order chi connectivity index (χ0) is 11.6. The molecule has 2 rings (SSSR count). The van der Waals surface area contributed by atoms with E-state index in [1.54, 1.807) is 0 Å². The van der Waals surface area contributed by atoms with Gasteiger partial charge in [0.2, 0.25) is 0 Å². The molecule has 0 radical (unpaired) electrons. The quantitative estimate of drug-likeness (QED) is 0.703. The van der Waals surface area contributed by atoms with Crippen molar-refractivity contribution in [3.05, 3.63) is 0 Å². The smallest absolute Gasteiger partial charge is 0.153 e. The summed E-state index contributed by atoms with van der Waals surface area (Å²) in [7, 11) is -4.48. The van der Waals surface area contributed by atoms with Crippen LogP contribution < -0.4 is 6.15 Å². The number of hydrogen-bond acceptors (Lipinski definition) is 4. The predicted octanol–water partition coefficient (Wildman–Crippen LogP) is 1.16. The van der Waals surface area contributed by atoms with Crippen LogP contribution in [0.4, 0.5) is 0 Å². The largest absolute Gasteiger partial charge is 0.747 e. The average molecular weight is 249 g/mol. The van der Waals surface area contributed by atoms with Crippen LogP contribution in [0.25, 0.3) is 0 Å². The van der Waals surface area contributed by atoms with Crippen molar-refractivity contribution in [1.29, 1.82) is 0 Å². The van der Waals surface area contributed by atoms with E-state index in [0.29, 0.717) is 6.42 Å². The lowest BCUT2D eigenvalue weighted by molar-refractivity contribution is -0.125. The number of fused-ring (bicyclic) bond motifs is 2. The molecule has 0 amide bonds. The van der Waals surface area contributed by atoms with Crippen molar-refractivity contribution < 1.29 is 17.8 Å². The van der Waals surface area contributed by atoms with E-state index in [2.05, 4.69) is 0 Å². The molecule has 0 saturated heterocycles. The lowest BCUT2D eigenvalue weighted by Crippen LogP contribution is -2.46. The fraction of sp³-hybridized carbons (Fsp3) is 0.900. The van der Waals surface area contributed by atoms with Crippen LogP contribution in [0.2, 0.25) is 0 Å². The van der Waals surface area contributed by atoms with E-state index in [9.17, 15) is 17.8 Å². The van der Waals surface area contributed by atoms with E-state index >= 15 is 0 Å². The number of ketones is 1. The summed E-state index contributed by atoms with van der Waals surface area (Å²) in [5.74, 6) is -0.680. The summed E-state index contributed by atoms with van der Waals surface area (Å²) in [4.78, 5) is 11.7. The summed E-state index contributed by atoms with van der Waals surface area (Å²) in [6, 6.07) is 0. The molecule has 0 aromatic rings. The van der Waals surface area contributed by atoms with Gasteiger partial charge in [0.25, 0.3) is 0 Å². The van der Waals surface area contributed by atoms with Crippen molar-refractivity contribution in [3.8, 4) is 0 Å².